The van der Waals surface area contributed by atoms with Crippen molar-refractivity contribution in [3.05, 3.63) is 66.4 Å². The normalized spacial score (nSPS) is 16.5. The Kier molecular flexibility index (Phi) is 5.46. The van der Waals surface area contributed by atoms with Crippen LogP contribution in [0.1, 0.15) is 31.4 Å². The molecule has 148 valence electrons. The van der Waals surface area contributed by atoms with Crippen LogP contribution in [0.4, 0.5) is 4.39 Å². The number of hydrogen-bond donors (Lipinski definition) is 0. The molecule has 29 heavy (non-hydrogen) atoms. The lowest BCUT2D eigenvalue weighted by atomic mass is 9.94. The molecule has 0 spiro atoms. The Balaban J connectivity index is 1.71. The van der Waals surface area contributed by atoms with E-state index < -0.39 is 0 Å². The molecule has 4 rings (SSSR count). The van der Waals surface area contributed by atoms with Gasteiger partial charge in [-0.15, -0.1) is 0 Å². The summed E-state index contributed by atoms with van der Waals surface area (Å²) in [5, 5.41) is 0. The van der Waals surface area contributed by atoms with Crippen LogP contribution >= 0.6 is 0 Å². The minimum Gasteiger partial charge on any atom is -0.439 e. The quantitative estimate of drug-likeness (QED) is 0.666. The van der Waals surface area contributed by atoms with Crippen LogP contribution in [0.15, 0.2) is 54.9 Å². The third-order valence-electron chi connectivity index (χ3n) is 4.96. The Morgan fingerprint density at radius 2 is 2.00 bits per heavy atom. The molecule has 3 aromatic rings. The van der Waals surface area contributed by atoms with E-state index in [1.165, 1.54) is 12.1 Å². The predicted molar refractivity (Wildman–Crippen MR) is 106 cm³/mol. The topological polar surface area (TPSA) is 68.2 Å². The molecule has 6 nitrogen and oxygen atoms in total. The number of carbonyl (C=O) groups excluding carboxylic acids is 1. The maximum Gasteiger partial charge on any atom is 0.223 e. The van der Waals surface area contributed by atoms with Gasteiger partial charge in [-0.25, -0.2) is 9.37 Å². The van der Waals surface area contributed by atoms with E-state index in [9.17, 15) is 9.18 Å². The summed E-state index contributed by atoms with van der Waals surface area (Å²) in [7, 11) is 0. The molecular weight excluding hydrogens is 371 g/mol. The zero-order valence-electron chi connectivity index (χ0n) is 16.1. The van der Waals surface area contributed by atoms with Gasteiger partial charge in [0.15, 0.2) is 5.82 Å². The number of pyridine rings is 1. The van der Waals surface area contributed by atoms with Crippen molar-refractivity contribution in [1.29, 1.82) is 0 Å². The van der Waals surface area contributed by atoms with Crippen molar-refractivity contribution >= 4 is 5.91 Å². The first-order valence-electron chi connectivity index (χ1n) is 9.57. The molecule has 0 aliphatic carbocycles. The summed E-state index contributed by atoms with van der Waals surface area (Å²) >= 11 is 0. The highest BCUT2D eigenvalue weighted by molar-refractivity contribution is 5.73. The first kappa shape index (κ1) is 19.0. The number of hydrogen-bond acceptors (Lipinski definition) is 5. The van der Waals surface area contributed by atoms with Crippen LogP contribution in [-0.4, -0.2) is 38.8 Å². The molecule has 1 aliphatic rings. The van der Waals surface area contributed by atoms with Gasteiger partial charge < -0.3 is 9.64 Å². The summed E-state index contributed by atoms with van der Waals surface area (Å²) in [6.45, 7) is 2.96. The number of benzene rings is 1. The maximum absolute atomic E-state index is 13.5. The number of amides is 1. The van der Waals surface area contributed by atoms with Crippen molar-refractivity contribution in [3.63, 3.8) is 0 Å². The number of rotatable bonds is 4. The predicted octanol–water partition coefficient (Wildman–Crippen LogP) is 4.20. The highest BCUT2D eigenvalue weighted by Crippen LogP contribution is 2.31. The molecule has 1 atom stereocenters. The van der Waals surface area contributed by atoms with Gasteiger partial charge in [-0.2, -0.15) is 4.98 Å². The lowest BCUT2D eigenvalue weighted by Crippen LogP contribution is -2.37. The maximum atomic E-state index is 13.5. The van der Waals surface area contributed by atoms with Crippen LogP contribution in [0.2, 0.25) is 0 Å². The van der Waals surface area contributed by atoms with E-state index >= 15 is 0 Å². The molecule has 0 saturated carbocycles. The van der Waals surface area contributed by atoms with Crippen LogP contribution in [-0.2, 0) is 4.79 Å². The van der Waals surface area contributed by atoms with E-state index in [1.807, 2.05) is 17.0 Å². The number of aromatic nitrogens is 3. The molecule has 7 heteroatoms. The number of nitrogens with zero attached hydrogens (tertiary/aromatic N) is 4. The van der Waals surface area contributed by atoms with Crippen molar-refractivity contribution in [3.8, 4) is 23.0 Å². The fourth-order valence-corrected chi connectivity index (χ4v) is 3.49. The van der Waals surface area contributed by atoms with Crippen LogP contribution in [0.3, 0.4) is 0 Å². The highest BCUT2D eigenvalue weighted by Gasteiger charge is 2.25. The lowest BCUT2D eigenvalue weighted by molar-refractivity contribution is -0.130. The van der Waals surface area contributed by atoms with Crippen molar-refractivity contribution in [2.45, 2.75) is 25.7 Å². The molecule has 0 N–H and O–H groups in total. The van der Waals surface area contributed by atoms with Gasteiger partial charge in [0.25, 0.3) is 0 Å². The van der Waals surface area contributed by atoms with Crippen LogP contribution in [0, 0.1) is 5.82 Å². The van der Waals surface area contributed by atoms with Crippen molar-refractivity contribution in [2.24, 2.45) is 0 Å². The number of carbonyl (C=O) groups is 1. The van der Waals surface area contributed by atoms with Crippen molar-refractivity contribution in [1.82, 2.24) is 19.9 Å². The van der Waals surface area contributed by atoms with E-state index in [-0.39, 0.29) is 17.6 Å². The zero-order chi connectivity index (χ0) is 20.2. The number of halogens is 1. The second-order valence-corrected chi connectivity index (χ2v) is 7.05. The molecule has 1 unspecified atom stereocenters. The second kappa shape index (κ2) is 8.34. The molecule has 0 radical (unpaired) electrons. The summed E-state index contributed by atoms with van der Waals surface area (Å²) in [5.41, 5.74) is 1.62. The molecule has 3 heterocycles. The summed E-state index contributed by atoms with van der Waals surface area (Å²) in [4.78, 5) is 27.0. The smallest absolute Gasteiger partial charge is 0.223 e. The van der Waals surface area contributed by atoms with Gasteiger partial charge in [0.2, 0.25) is 11.8 Å². The standard InChI is InChI=1S/C22H21FN4O2/c1-15(28)27-11-3-4-17(14-27)20-13-21(29-19-6-2-5-18(23)12-19)26-22(25-20)16-7-9-24-10-8-16/h2,5-10,12-13,17H,3-4,11,14H2,1H3. The molecule has 1 amide bonds. The lowest BCUT2D eigenvalue weighted by Gasteiger charge is -2.31. The van der Waals surface area contributed by atoms with E-state index in [1.54, 1.807) is 37.5 Å². The third kappa shape index (κ3) is 4.56. The minimum absolute atomic E-state index is 0.0642. The van der Waals surface area contributed by atoms with Crippen LogP contribution in [0.5, 0.6) is 11.6 Å². The van der Waals surface area contributed by atoms with Gasteiger partial charge in [-0.3, -0.25) is 9.78 Å². The molecule has 1 aliphatic heterocycles. The third-order valence-corrected chi connectivity index (χ3v) is 4.96. The van der Waals surface area contributed by atoms with Gasteiger partial charge in [-0.1, -0.05) is 6.07 Å². The van der Waals surface area contributed by atoms with E-state index in [0.29, 0.717) is 24.0 Å². The average Bonchev–Trinajstić information content (AvgIpc) is 2.74. The van der Waals surface area contributed by atoms with Crippen molar-refractivity contribution < 1.29 is 13.9 Å². The minimum atomic E-state index is -0.379. The van der Waals surface area contributed by atoms with E-state index in [4.69, 9.17) is 9.72 Å². The fourth-order valence-electron chi connectivity index (χ4n) is 3.49. The largest absolute Gasteiger partial charge is 0.439 e. The molecule has 1 fully saturated rings. The van der Waals surface area contributed by atoms with Crippen LogP contribution < -0.4 is 4.74 Å². The number of likely N-dealkylation sites (tertiary alicyclic amines) is 1. The Morgan fingerprint density at radius 3 is 2.76 bits per heavy atom. The highest BCUT2D eigenvalue weighted by atomic mass is 19.1. The summed E-state index contributed by atoms with van der Waals surface area (Å²) in [6.07, 6.45) is 5.20. The molecular formula is C22H21FN4O2. The van der Waals surface area contributed by atoms with E-state index in [2.05, 4.69) is 9.97 Å². The monoisotopic (exact) mass is 392 g/mol. The Hall–Kier alpha value is -3.35. The number of piperidine rings is 1. The molecule has 0 bridgehead atoms. The van der Waals surface area contributed by atoms with Gasteiger partial charge in [0.05, 0.1) is 5.69 Å². The summed E-state index contributed by atoms with van der Waals surface area (Å²) in [5.74, 6) is 0.990. The first-order valence-corrected chi connectivity index (χ1v) is 9.57. The first-order chi connectivity index (χ1) is 14.1. The molecule has 1 aromatic carbocycles. The summed E-state index contributed by atoms with van der Waals surface area (Å²) in [6, 6.07) is 11.4. The summed E-state index contributed by atoms with van der Waals surface area (Å²) < 4.78 is 19.4. The molecule has 1 saturated heterocycles. The Labute approximate surface area is 168 Å². The SMILES string of the molecule is CC(=O)N1CCCC(c2cc(Oc3cccc(F)c3)nc(-c3ccncc3)n2)C1. The Morgan fingerprint density at radius 1 is 1.17 bits per heavy atom. The molecule has 2 aromatic heterocycles. The van der Waals surface area contributed by atoms with Crippen molar-refractivity contribution in [2.75, 3.05) is 13.1 Å². The Bertz CT molecular complexity index is 1010. The number of ether oxygens (including phenoxy) is 1. The fraction of sp³-hybridized carbons (Fsp3) is 0.273. The average molecular weight is 392 g/mol. The van der Waals surface area contributed by atoms with E-state index in [0.717, 1.165) is 30.6 Å². The van der Waals surface area contributed by atoms with Gasteiger partial charge in [-0.05, 0) is 37.1 Å². The zero-order valence-corrected chi connectivity index (χ0v) is 16.1. The van der Waals surface area contributed by atoms with Crippen LogP contribution in [0.25, 0.3) is 11.4 Å². The second-order valence-electron chi connectivity index (χ2n) is 7.05. The van der Waals surface area contributed by atoms with Gasteiger partial charge in [0.1, 0.15) is 11.6 Å². The van der Waals surface area contributed by atoms with Gasteiger partial charge in [0, 0.05) is 56.0 Å². The van der Waals surface area contributed by atoms with Gasteiger partial charge >= 0.3 is 0 Å².